The van der Waals surface area contributed by atoms with Gasteiger partial charge in [-0.2, -0.15) is 4.98 Å². The van der Waals surface area contributed by atoms with Crippen LogP contribution >= 0.6 is 11.8 Å². The van der Waals surface area contributed by atoms with Crippen LogP contribution in [-0.4, -0.2) is 29.6 Å². The quantitative estimate of drug-likeness (QED) is 0.625. The molecule has 0 bridgehead atoms. The van der Waals surface area contributed by atoms with Gasteiger partial charge in [-0.1, -0.05) is 12.1 Å². The molecule has 0 aliphatic rings. The van der Waals surface area contributed by atoms with Crippen molar-refractivity contribution in [1.29, 1.82) is 0 Å². The van der Waals surface area contributed by atoms with E-state index in [1.54, 1.807) is 11.8 Å². The number of aromatic nitrogens is 2. The minimum atomic E-state index is -0.357. The van der Waals surface area contributed by atoms with Gasteiger partial charge < -0.3 is 15.0 Å². The van der Waals surface area contributed by atoms with Crippen molar-refractivity contribution in [3.63, 3.8) is 0 Å². The number of thioether (sulfide) groups is 1. The van der Waals surface area contributed by atoms with Crippen LogP contribution in [0.4, 0.5) is 0 Å². The Kier molecular flexibility index (Phi) is 5.58. The van der Waals surface area contributed by atoms with Gasteiger partial charge in [-0.15, -0.1) is 11.8 Å². The number of hydrogen-bond donors (Lipinski definition) is 1. The summed E-state index contributed by atoms with van der Waals surface area (Å²) in [6.45, 7) is 3.14. The SMILES string of the molecule is CCCOCC(N)c1noc(-c2ccc(SC)cc2)n1. The molecule has 0 saturated heterocycles. The Balaban J connectivity index is 2.03. The van der Waals surface area contributed by atoms with Crippen LogP contribution in [0.3, 0.4) is 0 Å². The van der Waals surface area contributed by atoms with Crippen molar-refractivity contribution in [2.24, 2.45) is 5.73 Å². The average molecular weight is 293 g/mol. The van der Waals surface area contributed by atoms with Gasteiger partial charge in [-0.3, -0.25) is 0 Å². The smallest absolute Gasteiger partial charge is 0.257 e. The maximum Gasteiger partial charge on any atom is 0.257 e. The van der Waals surface area contributed by atoms with Crippen LogP contribution in [-0.2, 0) is 4.74 Å². The molecule has 0 aliphatic heterocycles. The first kappa shape index (κ1) is 15.0. The minimum absolute atomic E-state index is 0.357. The summed E-state index contributed by atoms with van der Waals surface area (Å²) in [5, 5.41) is 3.92. The zero-order valence-electron chi connectivity index (χ0n) is 11.7. The third kappa shape index (κ3) is 3.82. The Labute approximate surface area is 122 Å². The predicted octanol–water partition coefficient (Wildman–Crippen LogP) is 2.88. The van der Waals surface area contributed by atoms with Gasteiger partial charge in [0.15, 0.2) is 5.82 Å². The van der Waals surface area contributed by atoms with E-state index in [9.17, 15) is 0 Å². The van der Waals surface area contributed by atoms with E-state index in [1.807, 2.05) is 30.5 Å². The number of rotatable bonds is 7. The number of ether oxygens (including phenoxy) is 1. The van der Waals surface area contributed by atoms with Crippen molar-refractivity contribution in [2.45, 2.75) is 24.3 Å². The second-order valence-corrected chi connectivity index (χ2v) is 5.25. The predicted molar refractivity (Wildman–Crippen MR) is 79.6 cm³/mol. The molecular formula is C14H19N3O2S. The van der Waals surface area contributed by atoms with E-state index in [2.05, 4.69) is 17.1 Å². The molecular weight excluding hydrogens is 274 g/mol. The summed E-state index contributed by atoms with van der Waals surface area (Å²) in [6, 6.07) is 7.61. The second kappa shape index (κ2) is 7.42. The molecule has 108 valence electrons. The maximum absolute atomic E-state index is 5.96. The molecule has 1 heterocycles. The lowest BCUT2D eigenvalue weighted by molar-refractivity contribution is 0.119. The first-order valence-corrected chi connectivity index (χ1v) is 7.78. The van der Waals surface area contributed by atoms with Gasteiger partial charge >= 0.3 is 0 Å². The van der Waals surface area contributed by atoms with Crippen molar-refractivity contribution in [1.82, 2.24) is 10.1 Å². The van der Waals surface area contributed by atoms with Gasteiger partial charge in [0.05, 0.1) is 12.6 Å². The molecule has 2 rings (SSSR count). The number of nitrogens with zero attached hydrogens (tertiary/aromatic N) is 2. The first-order chi connectivity index (χ1) is 9.74. The Morgan fingerprint density at radius 1 is 1.35 bits per heavy atom. The van der Waals surface area contributed by atoms with E-state index in [0.29, 0.717) is 24.9 Å². The number of benzene rings is 1. The molecule has 1 atom stereocenters. The van der Waals surface area contributed by atoms with E-state index in [-0.39, 0.29) is 6.04 Å². The van der Waals surface area contributed by atoms with Crippen LogP contribution < -0.4 is 5.73 Å². The van der Waals surface area contributed by atoms with E-state index >= 15 is 0 Å². The number of hydrogen-bond acceptors (Lipinski definition) is 6. The molecule has 1 aromatic carbocycles. The highest BCUT2D eigenvalue weighted by Crippen LogP contribution is 2.22. The third-order valence-electron chi connectivity index (χ3n) is 2.76. The van der Waals surface area contributed by atoms with Gasteiger partial charge in [0, 0.05) is 17.1 Å². The van der Waals surface area contributed by atoms with Crippen LogP contribution in [0.1, 0.15) is 25.2 Å². The van der Waals surface area contributed by atoms with Crippen molar-refractivity contribution < 1.29 is 9.26 Å². The molecule has 6 heteroatoms. The maximum atomic E-state index is 5.96. The highest BCUT2D eigenvalue weighted by Gasteiger charge is 2.15. The van der Waals surface area contributed by atoms with E-state index in [1.165, 1.54) is 4.90 Å². The molecule has 0 aliphatic carbocycles. The second-order valence-electron chi connectivity index (χ2n) is 4.37. The highest BCUT2D eigenvalue weighted by atomic mass is 32.2. The molecule has 0 amide bonds. The molecule has 2 aromatic rings. The summed E-state index contributed by atoms with van der Waals surface area (Å²) in [4.78, 5) is 5.52. The van der Waals surface area contributed by atoms with E-state index < -0.39 is 0 Å². The van der Waals surface area contributed by atoms with Crippen LogP contribution in [0.25, 0.3) is 11.5 Å². The van der Waals surface area contributed by atoms with Crippen molar-refractivity contribution in [2.75, 3.05) is 19.5 Å². The monoisotopic (exact) mass is 293 g/mol. The molecule has 1 unspecified atom stereocenters. The van der Waals surface area contributed by atoms with Crippen LogP contribution in [0.2, 0.25) is 0 Å². The lowest BCUT2D eigenvalue weighted by Gasteiger charge is -2.06. The topological polar surface area (TPSA) is 74.2 Å². The van der Waals surface area contributed by atoms with Crippen LogP contribution in [0, 0.1) is 0 Å². The van der Waals surface area contributed by atoms with Crippen LogP contribution in [0.5, 0.6) is 0 Å². The summed E-state index contributed by atoms with van der Waals surface area (Å²) in [6.07, 6.45) is 3.00. The van der Waals surface area contributed by atoms with Gasteiger partial charge in [0.1, 0.15) is 0 Å². The molecule has 2 N–H and O–H groups in total. The lowest BCUT2D eigenvalue weighted by atomic mass is 10.2. The first-order valence-electron chi connectivity index (χ1n) is 6.56. The molecule has 0 radical (unpaired) electrons. The lowest BCUT2D eigenvalue weighted by Crippen LogP contribution is -2.18. The molecule has 0 fully saturated rings. The number of nitrogens with two attached hydrogens (primary N) is 1. The van der Waals surface area contributed by atoms with Crippen molar-refractivity contribution in [3.8, 4) is 11.5 Å². The summed E-state index contributed by atoms with van der Waals surface area (Å²) in [5.41, 5.74) is 6.85. The molecule has 5 nitrogen and oxygen atoms in total. The van der Waals surface area contributed by atoms with Gasteiger partial charge in [-0.05, 0) is 36.9 Å². The summed E-state index contributed by atoms with van der Waals surface area (Å²) >= 11 is 1.69. The van der Waals surface area contributed by atoms with Crippen molar-refractivity contribution in [3.05, 3.63) is 30.1 Å². The molecule has 0 saturated carbocycles. The van der Waals surface area contributed by atoms with Crippen LogP contribution in [0.15, 0.2) is 33.7 Å². The van der Waals surface area contributed by atoms with Crippen molar-refractivity contribution >= 4 is 11.8 Å². The average Bonchev–Trinajstić information content (AvgIpc) is 2.97. The fourth-order valence-electron chi connectivity index (χ4n) is 1.67. The van der Waals surface area contributed by atoms with Gasteiger partial charge in [0.2, 0.25) is 0 Å². The summed E-state index contributed by atoms with van der Waals surface area (Å²) < 4.78 is 10.6. The normalized spacial score (nSPS) is 12.6. The fraction of sp³-hybridized carbons (Fsp3) is 0.429. The minimum Gasteiger partial charge on any atom is -0.379 e. The molecule has 20 heavy (non-hydrogen) atoms. The Morgan fingerprint density at radius 3 is 2.75 bits per heavy atom. The molecule has 0 spiro atoms. The highest BCUT2D eigenvalue weighted by molar-refractivity contribution is 7.98. The standard InChI is InChI=1S/C14H19N3O2S/c1-3-8-18-9-12(15)13-16-14(19-17-13)10-4-6-11(20-2)7-5-10/h4-7,12H,3,8-9,15H2,1-2H3. The fourth-order valence-corrected chi connectivity index (χ4v) is 2.07. The zero-order chi connectivity index (χ0) is 14.4. The van der Waals surface area contributed by atoms with E-state index in [4.69, 9.17) is 15.0 Å². The summed E-state index contributed by atoms with van der Waals surface area (Å²) in [7, 11) is 0. The largest absolute Gasteiger partial charge is 0.379 e. The third-order valence-corrected chi connectivity index (χ3v) is 3.50. The summed E-state index contributed by atoms with van der Waals surface area (Å²) in [5.74, 6) is 0.962. The van der Waals surface area contributed by atoms with Gasteiger partial charge in [-0.25, -0.2) is 0 Å². The molecule has 1 aromatic heterocycles. The Hall–Kier alpha value is -1.37. The zero-order valence-corrected chi connectivity index (χ0v) is 12.5. The Morgan fingerprint density at radius 2 is 2.10 bits per heavy atom. The van der Waals surface area contributed by atoms with E-state index in [0.717, 1.165) is 12.0 Å². The van der Waals surface area contributed by atoms with Gasteiger partial charge in [0.25, 0.3) is 5.89 Å². The Bertz CT molecular complexity index is 527.